The highest BCUT2D eigenvalue weighted by Gasteiger charge is 2.24. The van der Waals surface area contributed by atoms with E-state index >= 15 is 0 Å². The van der Waals surface area contributed by atoms with Crippen LogP contribution in [0.4, 0.5) is 0 Å². The summed E-state index contributed by atoms with van der Waals surface area (Å²) in [5.41, 5.74) is 2.68. The minimum atomic E-state index is -0.768. The Morgan fingerprint density at radius 1 is 1.28 bits per heavy atom. The number of phenols is 1. The van der Waals surface area contributed by atoms with Crippen molar-refractivity contribution in [2.45, 2.75) is 52.4 Å². The number of aryl methyl sites for hydroxylation is 2. The van der Waals surface area contributed by atoms with Gasteiger partial charge in [0.2, 0.25) is 0 Å². The summed E-state index contributed by atoms with van der Waals surface area (Å²) in [6.07, 6.45) is 1.54. The number of phenolic OH excluding ortho intramolecular Hbond substituents is 1. The molecule has 0 aliphatic carbocycles. The standard InChI is InChI=1S/C15H22O3/c1-10-8-11(2)14(18)12(9-10)15(3,4)7-5-6-13(16)17/h8-9,18H,5-7H2,1-4H3,(H,16,17). The van der Waals surface area contributed by atoms with E-state index in [1.807, 2.05) is 39.8 Å². The van der Waals surface area contributed by atoms with Gasteiger partial charge in [0.15, 0.2) is 0 Å². The van der Waals surface area contributed by atoms with Crippen LogP contribution in [0.1, 0.15) is 49.8 Å². The summed E-state index contributed by atoms with van der Waals surface area (Å²) < 4.78 is 0. The van der Waals surface area contributed by atoms with E-state index in [1.165, 1.54) is 0 Å². The summed E-state index contributed by atoms with van der Waals surface area (Å²) >= 11 is 0. The third-order valence-corrected chi connectivity index (χ3v) is 3.37. The van der Waals surface area contributed by atoms with Crippen LogP contribution in [0.3, 0.4) is 0 Å². The van der Waals surface area contributed by atoms with E-state index in [-0.39, 0.29) is 11.8 Å². The molecular formula is C15H22O3. The lowest BCUT2D eigenvalue weighted by Gasteiger charge is -2.27. The Morgan fingerprint density at radius 2 is 1.89 bits per heavy atom. The zero-order valence-electron chi connectivity index (χ0n) is 11.6. The van der Waals surface area contributed by atoms with Gasteiger partial charge < -0.3 is 10.2 Å². The molecule has 18 heavy (non-hydrogen) atoms. The van der Waals surface area contributed by atoms with Crippen LogP contribution in [-0.2, 0) is 10.2 Å². The number of hydrogen-bond acceptors (Lipinski definition) is 2. The van der Waals surface area contributed by atoms with Gasteiger partial charge in [-0.2, -0.15) is 0 Å². The molecule has 1 aromatic rings. The molecule has 0 atom stereocenters. The molecule has 1 rings (SSSR count). The molecule has 0 saturated carbocycles. The monoisotopic (exact) mass is 250 g/mol. The topological polar surface area (TPSA) is 57.5 Å². The fourth-order valence-electron chi connectivity index (χ4n) is 2.29. The lowest BCUT2D eigenvalue weighted by atomic mass is 9.78. The highest BCUT2D eigenvalue weighted by molar-refractivity contribution is 5.66. The molecular weight excluding hydrogens is 228 g/mol. The van der Waals surface area contributed by atoms with Crippen molar-refractivity contribution in [3.05, 3.63) is 28.8 Å². The summed E-state index contributed by atoms with van der Waals surface area (Å²) in [7, 11) is 0. The van der Waals surface area contributed by atoms with Crippen molar-refractivity contribution in [3.8, 4) is 5.75 Å². The molecule has 3 nitrogen and oxygen atoms in total. The summed E-state index contributed by atoms with van der Waals surface area (Å²) in [6, 6.07) is 3.94. The van der Waals surface area contributed by atoms with Gasteiger partial charge in [0.05, 0.1) is 0 Å². The molecule has 0 amide bonds. The Kier molecular flexibility index (Phi) is 4.38. The maximum Gasteiger partial charge on any atom is 0.303 e. The number of aliphatic carboxylic acids is 1. The lowest BCUT2D eigenvalue weighted by Crippen LogP contribution is -2.18. The third-order valence-electron chi connectivity index (χ3n) is 3.37. The van der Waals surface area contributed by atoms with Gasteiger partial charge in [0, 0.05) is 12.0 Å². The molecule has 0 aromatic heterocycles. The summed E-state index contributed by atoms with van der Waals surface area (Å²) in [6.45, 7) is 7.98. The first-order valence-corrected chi connectivity index (χ1v) is 6.26. The van der Waals surface area contributed by atoms with Gasteiger partial charge in [-0.15, -0.1) is 0 Å². The maximum absolute atomic E-state index is 10.5. The van der Waals surface area contributed by atoms with Gasteiger partial charge in [0.1, 0.15) is 5.75 Å². The quantitative estimate of drug-likeness (QED) is 0.840. The van der Waals surface area contributed by atoms with Crippen LogP contribution >= 0.6 is 0 Å². The van der Waals surface area contributed by atoms with Gasteiger partial charge in [0.25, 0.3) is 0 Å². The van der Waals surface area contributed by atoms with E-state index < -0.39 is 5.97 Å². The molecule has 100 valence electrons. The average Bonchev–Trinajstić information content (AvgIpc) is 2.22. The first kappa shape index (κ1) is 14.6. The Labute approximate surface area is 108 Å². The predicted molar refractivity (Wildman–Crippen MR) is 72.1 cm³/mol. The van der Waals surface area contributed by atoms with Crippen molar-refractivity contribution < 1.29 is 15.0 Å². The van der Waals surface area contributed by atoms with Crippen molar-refractivity contribution in [3.63, 3.8) is 0 Å². The average molecular weight is 250 g/mol. The van der Waals surface area contributed by atoms with Crippen LogP contribution in [0.5, 0.6) is 5.75 Å². The molecule has 1 aromatic carbocycles. The second-order valence-electron chi connectivity index (χ2n) is 5.61. The third kappa shape index (κ3) is 3.49. The first-order chi connectivity index (χ1) is 8.24. The van der Waals surface area contributed by atoms with Crippen molar-refractivity contribution in [1.82, 2.24) is 0 Å². The first-order valence-electron chi connectivity index (χ1n) is 6.26. The fraction of sp³-hybridized carbons (Fsp3) is 0.533. The summed E-state index contributed by atoms with van der Waals surface area (Å²) in [4.78, 5) is 10.5. The number of benzene rings is 1. The Hall–Kier alpha value is -1.51. The van der Waals surface area contributed by atoms with Crippen LogP contribution in [0.25, 0.3) is 0 Å². The van der Waals surface area contributed by atoms with Crippen LogP contribution in [0, 0.1) is 13.8 Å². The van der Waals surface area contributed by atoms with E-state index in [0.717, 1.165) is 23.1 Å². The predicted octanol–water partition coefficient (Wildman–Crippen LogP) is 3.54. The Balaban J connectivity index is 2.93. The Bertz CT molecular complexity index is 447. The minimum absolute atomic E-state index is 0.176. The van der Waals surface area contributed by atoms with Crippen LogP contribution in [-0.4, -0.2) is 16.2 Å². The molecule has 3 heteroatoms. The van der Waals surface area contributed by atoms with Crippen LogP contribution in [0.15, 0.2) is 12.1 Å². The number of hydrogen-bond donors (Lipinski definition) is 2. The second-order valence-corrected chi connectivity index (χ2v) is 5.61. The fourth-order valence-corrected chi connectivity index (χ4v) is 2.29. The number of aromatic hydroxyl groups is 1. The van der Waals surface area contributed by atoms with Crippen LogP contribution < -0.4 is 0 Å². The van der Waals surface area contributed by atoms with Gasteiger partial charge in [-0.3, -0.25) is 4.79 Å². The van der Waals surface area contributed by atoms with Gasteiger partial charge in [-0.05, 0) is 37.7 Å². The summed E-state index contributed by atoms with van der Waals surface area (Å²) in [5, 5.41) is 18.8. The van der Waals surface area contributed by atoms with Gasteiger partial charge in [-0.25, -0.2) is 0 Å². The highest BCUT2D eigenvalue weighted by Crippen LogP contribution is 2.37. The molecule has 0 heterocycles. The van der Waals surface area contributed by atoms with E-state index in [4.69, 9.17) is 5.11 Å². The Morgan fingerprint density at radius 3 is 2.44 bits per heavy atom. The molecule has 0 saturated heterocycles. The smallest absolute Gasteiger partial charge is 0.303 e. The number of carboxylic acids is 1. The number of rotatable bonds is 5. The van der Waals surface area contributed by atoms with E-state index in [0.29, 0.717) is 12.2 Å². The lowest BCUT2D eigenvalue weighted by molar-refractivity contribution is -0.137. The van der Waals surface area contributed by atoms with Crippen LogP contribution in [0.2, 0.25) is 0 Å². The highest BCUT2D eigenvalue weighted by atomic mass is 16.4. The van der Waals surface area contributed by atoms with Gasteiger partial charge in [-0.1, -0.05) is 31.5 Å². The number of carbonyl (C=O) groups is 1. The normalized spacial score (nSPS) is 11.6. The van der Waals surface area contributed by atoms with Crippen molar-refractivity contribution >= 4 is 5.97 Å². The second kappa shape index (κ2) is 5.42. The largest absolute Gasteiger partial charge is 0.507 e. The minimum Gasteiger partial charge on any atom is -0.507 e. The molecule has 2 N–H and O–H groups in total. The van der Waals surface area contributed by atoms with Gasteiger partial charge >= 0.3 is 5.97 Å². The molecule has 0 bridgehead atoms. The van der Waals surface area contributed by atoms with E-state index in [9.17, 15) is 9.90 Å². The molecule has 0 fully saturated rings. The molecule has 0 radical (unpaired) electrons. The molecule has 0 unspecified atom stereocenters. The number of carboxylic acid groups (broad SMARTS) is 1. The molecule has 0 aliphatic rings. The van der Waals surface area contributed by atoms with E-state index in [2.05, 4.69) is 0 Å². The molecule has 0 spiro atoms. The van der Waals surface area contributed by atoms with Crippen molar-refractivity contribution in [1.29, 1.82) is 0 Å². The zero-order valence-corrected chi connectivity index (χ0v) is 11.6. The maximum atomic E-state index is 10.5. The molecule has 0 aliphatic heterocycles. The van der Waals surface area contributed by atoms with Crippen molar-refractivity contribution in [2.75, 3.05) is 0 Å². The SMILES string of the molecule is Cc1cc(C)c(O)c(C(C)(C)CCCC(=O)O)c1. The zero-order chi connectivity index (χ0) is 13.9. The summed E-state index contributed by atoms with van der Waals surface area (Å²) in [5.74, 6) is -0.434. The van der Waals surface area contributed by atoms with E-state index in [1.54, 1.807) is 0 Å². The van der Waals surface area contributed by atoms with Crippen molar-refractivity contribution in [2.24, 2.45) is 0 Å².